The lowest BCUT2D eigenvalue weighted by Gasteiger charge is -2.17. The lowest BCUT2D eigenvalue weighted by Crippen LogP contribution is -2.18. The quantitative estimate of drug-likeness (QED) is 0.781. The number of rotatable bonds is 4. The van der Waals surface area contributed by atoms with Crippen LogP contribution in [0.15, 0.2) is 18.2 Å². The number of benzene rings is 1. The van der Waals surface area contributed by atoms with Crippen LogP contribution in [0.4, 0.5) is 13.2 Å². The third-order valence-corrected chi connectivity index (χ3v) is 3.26. The normalized spacial score (nSPS) is 19.7. The molecule has 1 aromatic rings. The van der Waals surface area contributed by atoms with E-state index < -0.39 is 11.7 Å². The zero-order valence-electron chi connectivity index (χ0n) is 10.2. The van der Waals surface area contributed by atoms with Crippen molar-refractivity contribution in [1.82, 2.24) is 0 Å². The number of halogens is 4. The van der Waals surface area contributed by atoms with Gasteiger partial charge in [0.25, 0.3) is 0 Å². The summed E-state index contributed by atoms with van der Waals surface area (Å²) in [7, 11) is 0. The number of alkyl halides is 4. The summed E-state index contributed by atoms with van der Waals surface area (Å²) in [5.74, 6) is -0.133. The lowest BCUT2D eigenvalue weighted by atomic mass is 10.1. The summed E-state index contributed by atoms with van der Waals surface area (Å²) < 4.78 is 49.3. The van der Waals surface area contributed by atoms with Crippen LogP contribution in [0, 0.1) is 0 Å². The van der Waals surface area contributed by atoms with Crippen LogP contribution in [0.25, 0.3) is 0 Å². The second-order valence-corrected chi connectivity index (χ2v) is 4.68. The van der Waals surface area contributed by atoms with E-state index in [0.29, 0.717) is 12.2 Å². The van der Waals surface area contributed by atoms with Gasteiger partial charge in [0, 0.05) is 12.5 Å². The Balaban J connectivity index is 2.13. The van der Waals surface area contributed by atoms with Crippen molar-refractivity contribution in [2.45, 2.75) is 31.0 Å². The van der Waals surface area contributed by atoms with Crippen LogP contribution < -0.4 is 4.74 Å². The minimum absolute atomic E-state index is 0.0368. The van der Waals surface area contributed by atoms with E-state index in [0.717, 1.165) is 18.9 Å². The fourth-order valence-corrected chi connectivity index (χ4v) is 2.13. The molecule has 1 saturated heterocycles. The highest BCUT2D eigenvalue weighted by molar-refractivity contribution is 6.17. The fraction of sp³-hybridized carbons (Fsp3) is 0.538. The van der Waals surface area contributed by atoms with Crippen LogP contribution in [0.3, 0.4) is 0 Å². The molecule has 1 heterocycles. The zero-order chi connectivity index (χ0) is 13.9. The third-order valence-electron chi connectivity index (χ3n) is 2.95. The Hall–Kier alpha value is -0.940. The largest absolute Gasteiger partial charge is 0.490 e. The summed E-state index contributed by atoms with van der Waals surface area (Å²) in [6.07, 6.45) is -2.82. The summed E-state index contributed by atoms with van der Waals surface area (Å²) >= 11 is 5.55. The van der Waals surface area contributed by atoms with Gasteiger partial charge in [-0.2, -0.15) is 13.2 Å². The molecule has 1 unspecified atom stereocenters. The van der Waals surface area contributed by atoms with Crippen molar-refractivity contribution in [1.29, 1.82) is 0 Å². The van der Waals surface area contributed by atoms with E-state index in [1.165, 1.54) is 12.1 Å². The molecule has 0 saturated carbocycles. The number of hydrogen-bond acceptors (Lipinski definition) is 2. The first-order valence-electron chi connectivity index (χ1n) is 6.01. The molecule has 2 rings (SSSR count). The van der Waals surface area contributed by atoms with Crippen LogP contribution in [0.1, 0.15) is 24.0 Å². The zero-order valence-corrected chi connectivity index (χ0v) is 10.9. The van der Waals surface area contributed by atoms with E-state index in [1.54, 1.807) is 0 Å². The van der Waals surface area contributed by atoms with Crippen molar-refractivity contribution in [2.75, 3.05) is 13.2 Å². The van der Waals surface area contributed by atoms with E-state index in [-0.39, 0.29) is 24.3 Å². The Morgan fingerprint density at radius 2 is 2.16 bits per heavy atom. The van der Waals surface area contributed by atoms with Gasteiger partial charge in [0.2, 0.25) is 0 Å². The van der Waals surface area contributed by atoms with Crippen molar-refractivity contribution in [3.05, 3.63) is 29.3 Å². The Bertz CT molecular complexity index is 428. The molecule has 1 fully saturated rings. The SMILES string of the molecule is FC(F)(F)c1cc(CCl)ccc1OCC1CCCO1. The van der Waals surface area contributed by atoms with Crippen molar-refractivity contribution in [3.63, 3.8) is 0 Å². The molecule has 6 heteroatoms. The minimum Gasteiger partial charge on any atom is -0.490 e. The first kappa shape index (κ1) is 14.5. The van der Waals surface area contributed by atoms with Gasteiger partial charge in [0.15, 0.2) is 0 Å². The van der Waals surface area contributed by atoms with Gasteiger partial charge in [-0.25, -0.2) is 0 Å². The predicted octanol–water partition coefficient (Wildman–Crippen LogP) is 4.00. The average molecular weight is 295 g/mol. The van der Waals surface area contributed by atoms with Crippen LogP contribution in [-0.4, -0.2) is 19.3 Å². The average Bonchev–Trinajstić information content (AvgIpc) is 2.88. The molecule has 2 nitrogen and oxygen atoms in total. The Labute approximate surface area is 114 Å². The third kappa shape index (κ3) is 3.76. The molecule has 1 atom stereocenters. The van der Waals surface area contributed by atoms with Crippen LogP contribution in [-0.2, 0) is 16.8 Å². The van der Waals surface area contributed by atoms with Gasteiger partial charge in [0.1, 0.15) is 12.4 Å². The van der Waals surface area contributed by atoms with Gasteiger partial charge >= 0.3 is 6.18 Å². The molecular formula is C13H14ClF3O2. The van der Waals surface area contributed by atoms with Gasteiger partial charge in [-0.1, -0.05) is 6.07 Å². The van der Waals surface area contributed by atoms with Crippen LogP contribution in [0.2, 0.25) is 0 Å². The molecule has 1 aliphatic rings. The molecule has 0 aliphatic carbocycles. The maximum absolute atomic E-state index is 12.9. The molecule has 0 radical (unpaired) electrons. The fourth-order valence-electron chi connectivity index (χ4n) is 1.97. The summed E-state index contributed by atoms with van der Waals surface area (Å²) in [5.41, 5.74) is -0.373. The summed E-state index contributed by atoms with van der Waals surface area (Å²) in [6.45, 7) is 0.786. The van der Waals surface area contributed by atoms with Gasteiger partial charge in [-0.05, 0) is 30.5 Å². The van der Waals surface area contributed by atoms with Crippen molar-refractivity contribution in [3.8, 4) is 5.75 Å². The van der Waals surface area contributed by atoms with Gasteiger partial charge in [0.05, 0.1) is 11.7 Å². The summed E-state index contributed by atoms with van der Waals surface area (Å²) in [4.78, 5) is 0. The lowest BCUT2D eigenvalue weighted by molar-refractivity contribution is -0.139. The van der Waals surface area contributed by atoms with E-state index in [9.17, 15) is 13.2 Å². The first-order chi connectivity index (χ1) is 9.00. The predicted molar refractivity (Wildman–Crippen MR) is 65.5 cm³/mol. The highest BCUT2D eigenvalue weighted by Crippen LogP contribution is 2.37. The summed E-state index contributed by atoms with van der Waals surface area (Å²) in [5, 5.41) is 0. The molecule has 0 aromatic heterocycles. The molecule has 0 N–H and O–H groups in total. The monoisotopic (exact) mass is 294 g/mol. The molecule has 0 spiro atoms. The van der Waals surface area contributed by atoms with Gasteiger partial charge < -0.3 is 9.47 Å². The van der Waals surface area contributed by atoms with E-state index >= 15 is 0 Å². The van der Waals surface area contributed by atoms with Crippen LogP contribution in [0.5, 0.6) is 5.75 Å². The molecular weight excluding hydrogens is 281 g/mol. The highest BCUT2D eigenvalue weighted by Gasteiger charge is 2.35. The Morgan fingerprint density at radius 1 is 1.37 bits per heavy atom. The van der Waals surface area contributed by atoms with Gasteiger partial charge in [-0.15, -0.1) is 11.6 Å². The molecule has 106 valence electrons. The standard InChI is InChI=1S/C13H14ClF3O2/c14-7-9-3-4-12(11(6-9)13(15,16)17)19-8-10-2-1-5-18-10/h3-4,6,10H,1-2,5,7-8H2. The topological polar surface area (TPSA) is 18.5 Å². The van der Waals surface area contributed by atoms with Crippen molar-refractivity contribution < 1.29 is 22.6 Å². The van der Waals surface area contributed by atoms with Crippen molar-refractivity contribution in [2.24, 2.45) is 0 Å². The first-order valence-corrected chi connectivity index (χ1v) is 6.54. The number of ether oxygens (including phenoxy) is 2. The Morgan fingerprint density at radius 3 is 2.74 bits per heavy atom. The second kappa shape index (κ2) is 6.01. The van der Waals surface area contributed by atoms with Gasteiger partial charge in [-0.3, -0.25) is 0 Å². The molecule has 1 aromatic carbocycles. The maximum atomic E-state index is 12.9. The maximum Gasteiger partial charge on any atom is 0.419 e. The van der Waals surface area contributed by atoms with E-state index in [2.05, 4.69) is 0 Å². The second-order valence-electron chi connectivity index (χ2n) is 4.41. The number of hydrogen-bond donors (Lipinski definition) is 0. The molecule has 19 heavy (non-hydrogen) atoms. The van der Waals surface area contributed by atoms with E-state index in [1.807, 2.05) is 0 Å². The Kier molecular flexibility index (Phi) is 4.58. The molecule has 0 amide bonds. The smallest absolute Gasteiger partial charge is 0.419 e. The highest BCUT2D eigenvalue weighted by atomic mass is 35.5. The minimum atomic E-state index is -4.45. The van der Waals surface area contributed by atoms with E-state index in [4.69, 9.17) is 21.1 Å². The summed E-state index contributed by atoms with van der Waals surface area (Å²) in [6, 6.07) is 3.88. The molecule has 0 bridgehead atoms. The van der Waals surface area contributed by atoms with Crippen molar-refractivity contribution >= 4 is 11.6 Å². The molecule has 1 aliphatic heterocycles. The van der Waals surface area contributed by atoms with Crippen LogP contribution >= 0.6 is 11.6 Å².